The van der Waals surface area contributed by atoms with Gasteiger partial charge in [-0.3, -0.25) is 4.79 Å². The first kappa shape index (κ1) is 25.7. The van der Waals surface area contributed by atoms with E-state index >= 15 is 0 Å². The predicted molar refractivity (Wildman–Crippen MR) is 127 cm³/mol. The molecule has 3 N–H and O–H groups in total. The number of anilines is 1. The lowest BCUT2D eigenvalue weighted by Crippen LogP contribution is -2.49. The fourth-order valence-corrected chi connectivity index (χ4v) is 4.82. The van der Waals surface area contributed by atoms with Crippen molar-refractivity contribution in [3.8, 4) is 0 Å². The van der Waals surface area contributed by atoms with Gasteiger partial charge in [0, 0.05) is 36.7 Å². The third kappa shape index (κ3) is 8.13. The van der Waals surface area contributed by atoms with Crippen LogP contribution in [0.4, 0.5) is 5.69 Å². The number of nitrogens with one attached hydrogen (secondary N) is 1. The number of hydrogen-bond acceptors (Lipinski definition) is 8. The maximum absolute atomic E-state index is 12.1. The van der Waals surface area contributed by atoms with Gasteiger partial charge in [-0.1, -0.05) is 24.3 Å². The Kier molecular flexibility index (Phi) is 8.67. The highest BCUT2D eigenvalue weighted by molar-refractivity contribution is 8.69. The second-order valence-electron chi connectivity index (χ2n) is 7.77. The standard InChI is InChI=1S/C22H25N3O7S2/c26-19-9-12-25(13-19)18-5-3-16(4-6-18)1-2-17-7-10-24(11-8-17)14-21(27)23-20(22(28)29)15-33-34(30,31)32/h1-8,10-11,19-20,26H,9,12-15H2,(H2-,23,27,28,29,30,31,32). The zero-order valence-corrected chi connectivity index (χ0v) is 19.7. The number of rotatable bonds is 10. The molecule has 34 heavy (non-hydrogen) atoms. The van der Waals surface area contributed by atoms with Crippen LogP contribution in [0.1, 0.15) is 17.5 Å². The molecule has 2 heterocycles. The zero-order valence-electron chi connectivity index (χ0n) is 18.1. The molecule has 1 aromatic carbocycles. The van der Waals surface area contributed by atoms with Crippen LogP contribution in [-0.4, -0.2) is 66.0 Å². The summed E-state index contributed by atoms with van der Waals surface area (Å²) in [6.07, 6.45) is 7.70. The number of hydrogen-bond donors (Lipinski definition) is 3. The number of aromatic nitrogens is 1. The minimum atomic E-state index is -4.66. The van der Waals surface area contributed by atoms with Gasteiger partial charge in [0.1, 0.15) is 15.2 Å². The van der Waals surface area contributed by atoms with E-state index in [2.05, 4.69) is 10.2 Å². The Bertz CT molecular complexity index is 1140. The summed E-state index contributed by atoms with van der Waals surface area (Å²) in [5, 5.41) is 21.0. The second-order valence-corrected chi connectivity index (χ2v) is 11.1. The number of carbonyl (C=O) groups is 2. The number of aliphatic hydroxyl groups excluding tert-OH is 1. The number of benzene rings is 1. The van der Waals surface area contributed by atoms with Crippen molar-refractivity contribution in [3.05, 3.63) is 59.9 Å². The molecule has 0 spiro atoms. The molecular formula is C22H25N3O7S2. The lowest BCUT2D eigenvalue weighted by molar-refractivity contribution is -0.684. The van der Waals surface area contributed by atoms with Gasteiger partial charge in [-0.25, -0.2) is 13.2 Å². The molecule has 12 heteroatoms. The van der Waals surface area contributed by atoms with Crippen LogP contribution < -0.4 is 14.8 Å². The minimum Gasteiger partial charge on any atom is -0.739 e. The van der Waals surface area contributed by atoms with Gasteiger partial charge in [0.2, 0.25) is 6.54 Å². The van der Waals surface area contributed by atoms with E-state index in [4.69, 9.17) is 5.11 Å². The smallest absolute Gasteiger partial charge is 0.327 e. The van der Waals surface area contributed by atoms with Gasteiger partial charge in [0.25, 0.3) is 5.91 Å². The molecule has 0 aliphatic carbocycles. The Labute approximate surface area is 201 Å². The van der Waals surface area contributed by atoms with Crippen LogP contribution in [0.2, 0.25) is 0 Å². The highest BCUT2D eigenvalue weighted by atomic mass is 33.1. The molecule has 1 aliphatic rings. The molecule has 2 unspecified atom stereocenters. The molecule has 3 rings (SSSR count). The largest absolute Gasteiger partial charge is 0.739 e. The van der Waals surface area contributed by atoms with Crippen molar-refractivity contribution in [1.82, 2.24) is 5.32 Å². The molecule has 1 aromatic heterocycles. The van der Waals surface area contributed by atoms with E-state index < -0.39 is 32.8 Å². The molecule has 2 aromatic rings. The molecule has 1 amide bonds. The number of nitrogens with zero attached hydrogens (tertiary/aromatic N) is 2. The molecule has 0 saturated carbocycles. The number of pyridine rings is 1. The van der Waals surface area contributed by atoms with Crippen LogP contribution in [0.5, 0.6) is 0 Å². The van der Waals surface area contributed by atoms with E-state index in [0.29, 0.717) is 6.54 Å². The third-order valence-electron chi connectivity index (χ3n) is 5.15. The van der Waals surface area contributed by atoms with Crippen molar-refractivity contribution in [3.63, 3.8) is 0 Å². The Hall–Kier alpha value is -2.93. The Morgan fingerprint density at radius 3 is 2.32 bits per heavy atom. The van der Waals surface area contributed by atoms with Crippen molar-refractivity contribution in [2.45, 2.75) is 25.1 Å². The highest BCUT2D eigenvalue weighted by Gasteiger charge is 2.23. The van der Waals surface area contributed by atoms with Gasteiger partial charge in [-0.2, -0.15) is 4.57 Å². The van der Waals surface area contributed by atoms with E-state index in [1.807, 2.05) is 36.4 Å². The molecule has 1 saturated heterocycles. The van der Waals surface area contributed by atoms with Crippen LogP contribution in [0.25, 0.3) is 12.2 Å². The molecule has 0 bridgehead atoms. The summed E-state index contributed by atoms with van der Waals surface area (Å²) in [4.78, 5) is 25.5. The van der Waals surface area contributed by atoms with Crippen LogP contribution in [0.3, 0.4) is 0 Å². The van der Waals surface area contributed by atoms with Crippen LogP contribution in [-0.2, 0) is 25.3 Å². The number of amides is 1. The average molecular weight is 508 g/mol. The first-order valence-corrected chi connectivity index (χ1v) is 13.3. The lowest BCUT2D eigenvalue weighted by atomic mass is 10.1. The normalized spacial score (nSPS) is 17.1. The highest BCUT2D eigenvalue weighted by Crippen LogP contribution is 2.21. The van der Waals surface area contributed by atoms with Crippen molar-refractivity contribution < 1.29 is 37.3 Å². The molecule has 1 aliphatic heterocycles. The summed E-state index contributed by atoms with van der Waals surface area (Å²) in [5.41, 5.74) is 2.98. The van der Waals surface area contributed by atoms with Crippen molar-refractivity contribution >= 4 is 49.7 Å². The summed E-state index contributed by atoms with van der Waals surface area (Å²) >= 11 is 0. The lowest BCUT2D eigenvalue weighted by Gasteiger charge is -2.17. The van der Waals surface area contributed by atoms with Gasteiger partial charge in [-0.15, -0.1) is 0 Å². The van der Waals surface area contributed by atoms with Gasteiger partial charge < -0.3 is 25.0 Å². The maximum Gasteiger partial charge on any atom is 0.327 e. The number of carboxylic acid groups (broad SMARTS) is 1. The van der Waals surface area contributed by atoms with E-state index in [9.17, 15) is 27.7 Å². The summed E-state index contributed by atoms with van der Waals surface area (Å²) < 4.78 is 33.6. The van der Waals surface area contributed by atoms with E-state index in [-0.39, 0.29) is 23.4 Å². The van der Waals surface area contributed by atoms with Crippen LogP contribution >= 0.6 is 10.8 Å². The first-order valence-electron chi connectivity index (χ1n) is 10.4. The second kappa shape index (κ2) is 11.5. The number of aliphatic carboxylic acids is 1. The van der Waals surface area contributed by atoms with E-state index in [1.54, 1.807) is 29.1 Å². The first-order chi connectivity index (χ1) is 16.1. The third-order valence-corrected chi connectivity index (χ3v) is 7.18. The topological polar surface area (TPSA) is 151 Å². The SMILES string of the molecule is O=C(C[n+]1ccc(/C=C/c2ccc(N3CCC(O)C3)cc2)cc1)NC(CSS(=O)(=O)[O-])C(=O)O. The number of carboxylic acids is 1. The van der Waals surface area contributed by atoms with Gasteiger partial charge >= 0.3 is 5.97 Å². The van der Waals surface area contributed by atoms with Gasteiger partial charge in [0.05, 0.1) is 6.10 Å². The summed E-state index contributed by atoms with van der Waals surface area (Å²) in [6.45, 7) is 1.32. The Morgan fingerprint density at radius 2 is 1.79 bits per heavy atom. The fourth-order valence-electron chi connectivity index (χ4n) is 3.38. The van der Waals surface area contributed by atoms with E-state index in [0.717, 1.165) is 29.8 Å². The maximum atomic E-state index is 12.1. The van der Waals surface area contributed by atoms with Gasteiger partial charge in [0.15, 0.2) is 12.4 Å². The summed E-state index contributed by atoms with van der Waals surface area (Å²) in [7, 11) is -4.73. The molecule has 0 radical (unpaired) electrons. The van der Waals surface area contributed by atoms with Crippen molar-refractivity contribution in [1.29, 1.82) is 0 Å². The van der Waals surface area contributed by atoms with Crippen LogP contribution in [0, 0.1) is 0 Å². The minimum absolute atomic E-state index is 0.0748. The summed E-state index contributed by atoms with van der Waals surface area (Å²) in [5.74, 6) is -2.64. The fraction of sp³-hybridized carbons (Fsp3) is 0.318. The van der Waals surface area contributed by atoms with Crippen LogP contribution in [0.15, 0.2) is 48.8 Å². The average Bonchev–Trinajstić information content (AvgIpc) is 3.22. The molecule has 10 nitrogen and oxygen atoms in total. The molecule has 2 atom stereocenters. The monoisotopic (exact) mass is 507 g/mol. The van der Waals surface area contributed by atoms with E-state index in [1.165, 1.54) is 0 Å². The van der Waals surface area contributed by atoms with Crippen molar-refractivity contribution in [2.75, 3.05) is 23.7 Å². The van der Waals surface area contributed by atoms with Gasteiger partial charge in [-0.05, 0) is 40.5 Å². The predicted octanol–water partition coefficient (Wildman–Crippen LogP) is 0.478. The number of β-amino-alcohol motifs (C(OH)–C–C–N with tert-alkyl or cyclic N) is 1. The quantitative estimate of drug-likeness (QED) is 0.237. The molecule has 182 valence electrons. The zero-order chi connectivity index (χ0) is 24.7. The van der Waals surface area contributed by atoms with Crippen molar-refractivity contribution in [2.24, 2.45) is 0 Å². The molecular weight excluding hydrogens is 482 g/mol. The Balaban J connectivity index is 1.52. The summed E-state index contributed by atoms with van der Waals surface area (Å²) in [6, 6.07) is 10.1. The Morgan fingerprint density at radius 1 is 1.18 bits per heavy atom. The number of aliphatic hydroxyl groups is 1. The molecule has 1 fully saturated rings. The number of carbonyl (C=O) groups excluding carboxylic acids is 1.